The molecule has 0 radical (unpaired) electrons. The minimum Gasteiger partial charge on any atom is -0.348 e. The Morgan fingerprint density at radius 3 is 2.39 bits per heavy atom. The van der Waals surface area contributed by atoms with Crippen molar-refractivity contribution in [2.24, 2.45) is 0 Å². The summed E-state index contributed by atoms with van der Waals surface area (Å²) in [5.74, 6) is -0.886. The minimum absolute atomic E-state index is 0.241. The van der Waals surface area contributed by atoms with Crippen LogP contribution in [0.2, 0.25) is 0 Å². The zero-order chi connectivity index (χ0) is 20.3. The van der Waals surface area contributed by atoms with Crippen LogP contribution in [0.15, 0.2) is 42.5 Å². The molecule has 1 aliphatic carbocycles. The molecule has 3 rings (SSSR count). The topological polar surface area (TPSA) is 66.5 Å². The monoisotopic (exact) mass is 404 g/mol. The van der Waals surface area contributed by atoms with Crippen molar-refractivity contribution in [1.29, 1.82) is 0 Å². The smallest absolute Gasteiger partial charge is 0.241 e. The number of rotatable bonds is 6. The van der Waals surface area contributed by atoms with Crippen LogP contribution in [0.4, 0.5) is 10.1 Å². The van der Waals surface area contributed by atoms with E-state index in [4.69, 9.17) is 0 Å². The van der Waals surface area contributed by atoms with Gasteiger partial charge in [0.25, 0.3) is 0 Å². The van der Waals surface area contributed by atoms with E-state index in [1.54, 1.807) is 0 Å². The SMILES string of the molecule is C[C@@H](NC(=O)CN(c1ccc(F)cc1)S(C)(=O)=O)c1ccc2c(c1)CCCC2. The van der Waals surface area contributed by atoms with Crippen molar-refractivity contribution in [2.45, 2.75) is 38.6 Å². The number of hydrogen-bond donors (Lipinski definition) is 1. The number of aryl methyl sites for hydroxylation is 2. The first-order valence-electron chi connectivity index (χ1n) is 9.38. The molecule has 1 aliphatic rings. The lowest BCUT2D eigenvalue weighted by atomic mass is 9.89. The fourth-order valence-electron chi connectivity index (χ4n) is 3.53. The first-order chi connectivity index (χ1) is 13.2. The summed E-state index contributed by atoms with van der Waals surface area (Å²) in [5.41, 5.74) is 3.95. The van der Waals surface area contributed by atoms with Gasteiger partial charge in [0.2, 0.25) is 15.9 Å². The lowest BCUT2D eigenvalue weighted by Crippen LogP contribution is -2.41. The van der Waals surface area contributed by atoms with Gasteiger partial charge in [-0.1, -0.05) is 18.2 Å². The Balaban J connectivity index is 1.71. The van der Waals surface area contributed by atoms with Crippen LogP contribution in [-0.4, -0.2) is 27.1 Å². The molecule has 0 saturated carbocycles. The number of hydrogen-bond acceptors (Lipinski definition) is 3. The van der Waals surface area contributed by atoms with E-state index in [-0.39, 0.29) is 18.3 Å². The van der Waals surface area contributed by atoms with E-state index >= 15 is 0 Å². The van der Waals surface area contributed by atoms with E-state index in [1.165, 1.54) is 48.2 Å². The Kier molecular flexibility index (Phi) is 6.03. The molecule has 7 heteroatoms. The Morgan fingerprint density at radius 1 is 1.11 bits per heavy atom. The molecule has 0 unspecified atom stereocenters. The number of carbonyl (C=O) groups excluding carboxylic acids is 1. The van der Waals surface area contributed by atoms with Gasteiger partial charge in [-0.15, -0.1) is 0 Å². The molecule has 0 aliphatic heterocycles. The number of amides is 1. The van der Waals surface area contributed by atoms with Crippen LogP contribution in [0, 0.1) is 5.82 Å². The zero-order valence-corrected chi connectivity index (χ0v) is 16.9. The van der Waals surface area contributed by atoms with Crippen molar-refractivity contribution in [1.82, 2.24) is 5.32 Å². The number of carbonyl (C=O) groups is 1. The van der Waals surface area contributed by atoms with Crippen molar-refractivity contribution >= 4 is 21.6 Å². The third kappa shape index (κ3) is 4.90. The minimum atomic E-state index is -3.69. The van der Waals surface area contributed by atoms with Gasteiger partial charge in [0.05, 0.1) is 18.0 Å². The highest BCUT2D eigenvalue weighted by Gasteiger charge is 2.22. The van der Waals surface area contributed by atoms with Gasteiger partial charge in [0, 0.05) is 0 Å². The van der Waals surface area contributed by atoms with Crippen LogP contribution in [0.5, 0.6) is 0 Å². The van der Waals surface area contributed by atoms with Gasteiger partial charge in [0.1, 0.15) is 12.4 Å². The van der Waals surface area contributed by atoms with Crippen molar-refractivity contribution in [3.8, 4) is 0 Å². The Morgan fingerprint density at radius 2 is 1.75 bits per heavy atom. The van der Waals surface area contributed by atoms with Crippen LogP contribution in [0.1, 0.15) is 42.5 Å². The maximum Gasteiger partial charge on any atom is 0.241 e. The second-order valence-electron chi connectivity index (χ2n) is 7.27. The van der Waals surface area contributed by atoms with Gasteiger partial charge in [-0.25, -0.2) is 12.8 Å². The highest BCUT2D eigenvalue weighted by Crippen LogP contribution is 2.25. The van der Waals surface area contributed by atoms with Crippen LogP contribution < -0.4 is 9.62 Å². The fraction of sp³-hybridized carbons (Fsp3) is 0.381. The molecular formula is C21H25FN2O3S. The number of anilines is 1. The molecule has 0 spiro atoms. The highest BCUT2D eigenvalue weighted by molar-refractivity contribution is 7.92. The molecule has 1 atom stereocenters. The average molecular weight is 405 g/mol. The average Bonchev–Trinajstić information content (AvgIpc) is 2.65. The second kappa shape index (κ2) is 8.31. The van der Waals surface area contributed by atoms with Crippen LogP contribution in [0.3, 0.4) is 0 Å². The van der Waals surface area contributed by atoms with Gasteiger partial charge in [-0.05, 0) is 73.6 Å². The molecule has 0 heterocycles. The highest BCUT2D eigenvalue weighted by atomic mass is 32.2. The van der Waals surface area contributed by atoms with Crippen molar-refractivity contribution in [3.63, 3.8) is 0 Å². The van der Waals surface area contributed by atoms with Crippen LogP contribution in [0.25, 0.3) is 0 Å². The van der Waals surface area contributed by atoms with Crippen molar-refractivity contribution < 1.29 is 17.6 Å². The molecule has 0 aromatic heterocycles. The normalized spacial score (nSPS) is 14.8. The predicted octanol–water partition coefficient (Wildman–Crippen LogP) is 3.35. The maximum absolute atomic E-state index is 13.1. The summed E-state index contributed by atoms with van der Waals surface area (Å²) in [7, 11) is -3.69. The summed E-state index contributed by atoms with van der Waals surface area (Å²) in [5, 5.41) is 2.87. The predicted molar refractivity (Wildman–Crippen MR) is 108 cm³/mol. The Bertz CT molecular complexity index is 958. The summed E-state index contributed by atoms with van der Waals surface area (Å²) < 4.78 is 38.4. The summed E-state index contributed by atoms with van der Waals surface area (Å²) in [4.78, 5) is 12.5. The maximum atomic E-state index is 13.1. The van der Waals surface area contributed by atoms with Gasteiger partial charge in [0.15, 0.2) is 0 Å². The first-order valence-corrected chi connectivity index (χ1v) is 11.2. The van der Waals surface area contributed by atoms with Crippen LogP contribution >= 0.6 is 0 Å². The molecule has 2 aromatic rings. The third-order valence-electron chi connectivity index (χ3n) is 5.05. The van der Waals surface area contributed by atoms with Gasteiger partial charge in [-0.3, -0.25) is 9.10 Å². The second-order valence-corrected chi connectivity index (χ2v) is 9.18. The van der Waals surface area contributed by atoms with E-state index in [0.29, 0.717) is 0 Å². The van der Waals surface area contributed by atoms with E-state index in [2.05, 4.69) is 17.4 Å². The van der Waals surface area contributed by atoms with Gasteiger partial charge in [-0.2, -0.15) is 0 Å². The number of nitrogens with zero attached hydrogens (tertiary/aromatic N) is 1. The number of nitrogens with one attached hydrogen (secondary N) is 1. The van der Waals surface area contributed by atoms with Gasteiger partial charge < -0.3 is 5.32 Å². The molecule has 0 bridgehead atoms. The summed E-state index contributed by atoms with van der Waals surface area (Å²) in [6, 6.07) is 11.1. The summed E-state index contributed by atoms with van der Waals surface area (Å²) in [6.07, 6.45) is 5.56. The number of halogens is 1. The number of benzene rings is 2. The standard InChI is InChI=1S/C21H25FN2O3S/c1-15(17-8-7-16-5-3-4-6-18(16)13-17)23-21(25)14-24(28(2,26)27)20-11-9-19(22)10-12-20/h7-13,15H,3-6,14H2,1-2H3,(H,23,25)/t15-/m1/s1. The zero-order valence-electron chi connectivity index (χ0n) is 16.1. The molecule has 5 nitrogen and oxygen atoms in total. The quantitative estimate of drug-likeness (QED) is 0.803. The van der Waals surface area contributed by atoms with Crippen LogP contribution in [-0.2, 0) is 27.7 Å². The Labute approximate surface area is 165 Å². The fourth-order valence-corrected chi connectivity index (χ4v) is 4.39. The molecule has 28 heavy (non-hydrogen) atoms. The number of fused-ring (bicyclic) bond motifs is 1. The van der Waals surface area contributed by atoms with Crippen molar-refractivity contribution in [3.05, 3.63) is 65.0 Å². The Hall–Kier alpha value is -2.41. The molecule has 0 saturated heterocycles. The molecular weight excluding hydrogens is 379 g/mol. The summed E-state index contributed by atoms with van der Waals surface area (Å²) >= 11 is 0. The molecule has 1 N–H and O–H groups in total. The lowest BCUT2D eigenvalue weighted by molar-refractivity contribution is -0.120. The largest absolute Gasteiger partial charge is 0.348 e. The molecule has 2 aromatic carbocycles. The first kappa shape index (κ1) is 20.3. The lowest BCUT2D eigenvalue weighted by Gasteiger charge is -2.24. The van der Waals surface area contributed by atoms with Gasteiger partial charge >= 0.3 is 0 Å². The molecule has 150 valence electrons. The summed E-state index contributed by atoms with van der Waals surface area (Å²) in [6.45, 7) is 1.52. The van der Waals surface area contributed by atoms with E-state index < -0.39 is 21.7 Å². The van der Waals surface area contributed by atoms with E-state index in [9.17, 15) is 17.6 Å². The molecule has 1 amide bonds. The van der Waals surface area contributed by atoms with E-state index in [0.717, 1.165) is 29.0 Å². The number of sulfonamides is 1. The molecule has 0 fully saturated rings. The van der Waals surface area contributed by atoms with Crippen molar-refractivity contribution in [2.75, 3.05) is 17.1 Å². The van der Waals surface area contributed by atoms with E-state index in [1.807, 2.05) is 13.0 Å². The third-order valence-corrected chi connectivity index (χ3v) is 6.19.